The number of pyridine rings is 1. The molecule has 8 heteroatoms. The van der Waals surface area contributed by atoms with E-state index in [0.717, 1.165) is 31.7 Å². The average molecular weight is 343 g/mol. The number of carbonyl (C=O) groups is 2. The number of fused-ring (bicyclic) bond motifs is 3. The molecular weight excluding hydrogens is 327 g/mol. The SMILES string of the molecule is O=C(O)c1cc(F)c(N[C@H]2C3CCC(CC3)C2C(=O)O)nc1Cl. The number of nitrogens with one attached hydrogen (secondary N) is 1. The Kier molecular flexibility index (Phi) is 4.14. The number of carboxylic acids is 2. The molecule has 1 aromatic rings. The molecular formula is C15H16ClFN2O4. The molecule has 23 heavy (non-hydrogen) atoms. The molecule has 0 amide bonds. The number of anilines is 1. The van der Waals surface area contributed by atoms with E-state index in [2.05, 4.69) is 10.3 Å². The lowest BCUT2D eigenvalue weighted by molar-refractivity contribution is -0.148. The Labute approximate surface area is 136 Å². The van der Waals surface area contributed by atoms with Crippen LogP contribution in [0.25, 0.3) is 0 Å². The van der Waals surface area contributed by atoms with Gasteiger partial charge >= 0.3 is 11.9 Å². The van der Waals surface area contributed by atoms with Gasteiger partial charge in [0, 0.05) is 6.04 Å². The quantitative estimate of drug-likeness (QED) is 0.727. The molecule has 0 radical (unpaired) electrons. The minimum atomic E-state index is -1.37. The molecule has 1 unspecified atom stereocenters. The van der Waals surface area contributed by atoms with Crippen molar-refractivity contribution in [1.29, 1.82) is 0 Å². The maximum Gasteiger partial charge on any atom is 0.338 e. The highest BCUT2D eigenvalue weighted by molar-refractivity contribution is 6.32. The number of hydrogen-bond acceptors (Lipinski definition) is 4. The highest BCUT2D eigenvalue weighted by Gasteiger charge is 2.47. The molecule has 3 fully saturated rings. The van der Waals surface area contributed by atoms with Crippen molar-refractivity contribution in [2.45, 2.75) is 31.7 Å². The summed E-state index contributed by atoms with van der Waals surface area (Å²) in [5, 5.41) is 21.0. The molecule has 0 aromatic carbocycles. The van der Waals surface area contributed by atoms with Gasteiger partial charge in [0.05, 0.1) is 11.5 Å². The smallest absolute Gasteiger partial charge is 0.338 e. The van der Waals surface area contributed by atoms with Crippen LogP contribution in [-0.2, 0) is 4.79 Å². The largest absolute Gasteiger partial charge is 0.481 e. The first-order chi connectivity index (χ1) is 10.9. The van der Waals surface area contributed by atoms with Crippen LogP contribution in [0.15, 0.2) is 6.07 Å². The van der Waals surface area contributed by atoms with Crippen LogP contribution in [0.2, 0.25) is 5.15 Å². The summed E-state index contributed by atoms with van der Waals surface area (Å²) in [4.78, 5) is 26.3. The number of aromatic carboxylic acids is 1. The average Bonchev–Trinajstić information content (AvgIpc) is 2.51. The number of rotatable bonds is 4. The molecule has 2 atom stereocenters. The predicted molar refractivity (Wildman–Crippen MR) is 80.1 cm³/mol. The van der Waals surface area contributed by atoms with Crippen LogP contribution >= 0.6 is 11.6 Å². The Morgan fingerprint density at radius 2 is 1.83 bits per heavy atom. The second kappa shape index (κ2) is 5.96. The Bertz CT molecular complexity index is 661. The fourth-order valence-electron chi connectivity index (χ4n) is 3.89. The van der Waals surface area contributed by atoms with E-state index in [1.165, 1.54) is 0 Å². The van der Waals surface area contributed by atoms with Gasteiger partial charge in [-0.25, -0.2) is 14.2 Å². The van der Waals surface area contributed by atoms with Crippen molar-refractivity contribution in [1.82, 2.24) is 4.98 Å². The highest BCUT2D eigenvalue weighted by Crippen LogP contribution is 2.46. The molecule has 3 aliphatic carbocycles. The molecule has 3 N–H and O–H groups in total. The summed E-state index contributed by atoms with van der Waals surface area (Å²) >= 11 is 5.78. The van der Waals surface area contributed by atoms with Gasteiger partial charge < -0.3 is 15.5 Å². The number of hydrogen-bond donors (Lipinski definition) is 3. The van der Waals surface area contributed by atoms with Gasteiger partial charge in [0.2, 0.25) is 0 Å². The lowest BCUT2D eigenvalue weighted by Crippen LogP contribution is -2.51. The Hall–Kier alpha value is -1.89. The predicted octanol–water partition coefficient (Wildman–Crippen LogP) is 2.87. The maximum absolute atomic E-state index is 14.1. The van der Waals surface area contributed by atoms with Crippen LogP contribution < -0.4 is 5.32 Å². The van der Waals surface area contributed by atoms with Crippen molar-refractivity contribution in [3.05, 3.63) is 22.6 Å². The van der Waals surface area contributed by atoms with Crippen molar-refractivity contribution in [3.63, 3.8) is 0 Å². The van der Waals surface area contributed by atoms with E-state index in [9.17, 15) is 19.1 Å². The molecule has 6 nitrogen and oxygen atoms in total. The molecule has 3 saturated carbocycles. The van der Waals surface area contributed by atoms with Crippen molar-refractivity contribution in [2.75, 3.05) is 5.32 Å². The van der Waals surface area contributed by atoms with Gasteiger partial charge in [0.15, 0.2) is 11.6 Å². The number of halogens is 2. The van der Waals surface area contributed by atoms with E-state index >= 15 is 0 Å². The summed E-state index contributed by atoms with van der Waals surface area (Å²) in [6.07, 6.45) is 3.53. The van der Waals surface area contributed by atoms with Gasteiger partial charge in [-0.2, -0.15) is 0 Å². The third-order valence-electron chi connectivity index (χ3n) is 4.97. The van der Waals surface area contributed by atoms with E-state index in [1.807, 2.05) is 0 Å². The van der Waals surface area contributed by atoms with Crippen molar-refractivity contribution in [3.8, 4) is 0 Å². The zero-order valence-electron chi connectivity index (χ0n) is 12.1. The van der Waals surface area contributed by atoms with Crippen molar-refractivity contribution >= 4 is 29.4 Å². The van der Waals surface area contributed by atoms with Gasteiger partial charge in [-0.05, 0) is 43.6 Å². The summed E-state index contributed by atoms with van der Waals surface area (Å²) in [5.74, 6) is -3.69. The third-order valence-corrected chi connectivity index (χ3v) is 5.26. The normalized spacial score (nSPS) is 29.3. The number of aromatic nitrogens is 1. The fraction of sp³-hybridized carbons (Fsp3) is 0.533. The standard InChI is InChI=1S/C15H16ClFN2O4/c16-12-8(14(20)21)5-9(17)13(19-12)18-11-7-3-1-6(2-4-7)10(11)15(22)23/h5-7,10-11H,1-4H2,(H,18,19)(H,20,21)(H,22,23)/t6?,7?,10?,11-/m0/s1. The Morgan fingerprint density at radius 3 is 2.39 bits per heavy atom. The Balaban J connectivity index is 1.90. The summed E-state index contributed by atoms with van der Waals surface area (Å²) in [7, 11) is 0. The third kappa shape index (κ3) is 2.85. The van der Waals surface area contributed by atoms with Gasteiger partial charge in [-0.1, -0.05) is 11.6 Å². The Morgan fingerprint density at radius 1 is 1.22 bits per heavy atom. The molecule has 4 rings (SSSR count). The number of aliphatic carboxylic acids is 1. The van der Waals surface area contributed by atoms with E-state index < -0.39 is 35.3 Å². The van der Waals surface area contributed by atoms with Crippen LogP contribution in [0, 0.1) is 23.6 Å². The molecule has 3 aliphatic rings. The minimum absolute atomic E-state index is 0.0758. The van der Waals surface area contributed by atoms with E-state index in [1.54, 1.807) is 0 Å². The second-order valence-electron chi connectivity index (χ2n) is 6.17. The van der Waals surface area contributed by atoms with E-state index in [0.29, 0.717) is 0 Å². The van der Waals surface area contributed by atoms with Crippen LogP contribution in [0.3, 0.4) is 0 Å². The minimum Gasteiger partial charge on any atom is -0.481 e. The van der Waals surface area contributed by atoms with Gasteiger partial charge in [-0.15, -0.1) is 0 Å². The molecule has 2 bridgehead atoms. The molecule has 1 heterocycles. The lowest BCUT2D eigenvalue weighted by Gasteiger charge is -2.47. The van der Waals surface area contributed by atoms with E-state index in [-0.39, 0.29) is 22.8 Å². The topological polar surface area (TPSA) is 99.5 Å². The highest BCUT2D eigenvalue weighted by atomic mass is 35.5. The number of carboxylic acid groups (broad SMARTS) is 2. The summed E-state index contributed by atoms with van der Waals surface area (Å²) in [5.41, 5.74) is -0.422. The summed E-state index contributed by atoms with van der Waals surface area (Å²) < 4.78 is 14.1. The molecule has 0 aliphatic heterocycles. The van der Waals surface area contributed by atoms with Crippen molar-refractivity contribution in [2.24, 2.45) is 17.8 Å². The maximum atomic E-state index is 14.1. The van der Waals surface area contributed by atoms with Gasteiger partial charge in [-0.3, -0.25) is 4.79 Å². The van der Waals surface area contributed by atoms with Gasteiger partial charge in [0.25, 0.3) is 0 Å². The fourth-order valence-corrected chi connectivity index (χ4v) is 4.11. The first-order valence-corrected chi connectivity index (χ1v) is 7.85. The van der Waals surface area contributed by atoms with Crippen LogP contribution in [0.5, 0.6) is 0 Å². The zero-order valence-corrected chi connectivity index (χ0v) is 12.9. The molecule has 1 aromatic heterocycles. The lowest BCUT2D eigenvalue weighted by atomic mass is 9.61. The van der Waals surface area contributed by atoms with Crippen molar-refractivity contribution < 1.29 is 24.2 Å². The van der Waals surface area contributed by atoms with Crippen LogP contribution in [0.4, 0.5) is 10.2 Å². The summed E-state index contributed by atoms with van der Waals surface area (Å²) in [6.45, 7) is 0. The van der Waals surface area contributed by atoms with E-state index in [4.69, 9.17) is 16.7 Å². The first kappa shape index (κ1) is 16.0. The molecule has 0 saturated heterocycles. The van der Waals surface area contributed by atoms with Gasteiger partial charge in [0.1, 0.15) is 5.15 Å². The second-order valence-corrected chi connectivity index (χ2v) is 6.53. The first-order valence-electron chi connectivity index (χ1n) is 7.47. The molecule has 0 spiro atoms. The van der Waals surface area contributed by atoms with Crippen LogP contribution in [-0.4, -0.2) is 33.2 Å². The van der Waals surface area contributed by atoms with Crippen LogP contribution in [0.1, 0.15) is 36.0 Å². The zero-order chi connectivity index (χ0) is 16.7. The number of nitrogens with zero attached hydrogens (tertiary/aromatic N) is 1. The monoisotopic (exact) mass is 342 g/mol. The summed E-state index contributed by atoms with van der Waals surface area (Å²) in [6, 6.07) is 0.380. The molecule has 124 valence electrons.